The third kappa shape index (κ3) is 7.69. The lowest BCUT2D eigenvalue weighted by Crippen LogP contribution is -2.54. The zero-order valence-corrected chi connectivity index (χ0v) is 25.5. The molecular formula is C32H37ClFN3O4S. The summed E-state index contributed by atoms with van der Waals surface area (Å²) in [6.45, 7) is 3.15. The van der Waals surface area contributed by atoms with Crippen molar-refractivity contribution in [3.05, 3.63) is 94.8 Å². The summed E-state index contributed by atoms with van der Waals surface area (Å²) in [5, 5.41) is 3.56. The van der Waals surface area contributed by atoms with Crippen molar-refractivity contribution in [2.45, 2.75) is 75.9 Å². The van der Waals surface area contributed by atoms with Gasteiger partial charge in [0, 0.05) is 17.6 Å². The summed E-state index contributed by atoms with van der Waals surface area (Å²) >= 11 is 6.46. The fourth-order valence-corrected chi connectivity index (χ4v) is 6.86. The lowest BCUT2D eigenvalue weighted by Gasteiger charge is -2.34. The van der Waals surface area contributed by atoms with Gasteiger partial charge in [-0.1, -0.05) is 73.7 Å². The van der Waals surface area contributed by atoms with Crippen molar-refractivity contribution >= 4 is 39.1 Å². The van der Waals surface area contributed by atoms with E-state index in [2.05, 4.69) is 5.32 Å². The highest BCUT2D eigenvalue weighted by Crippen LogP contribution is 2.27. The Morgan fingerprint density at radius 3 is 2.24 bits per heavy atom. The van der Waals surface area contributed by atoms with Crippen LogP contribution in [0.3, 0.4) is 0 Å². The molecule has 0 bridgehead atoms. The van der Waals surface area contributed by atoms with E-state index in [0.717, 1.165) is 54.1 Å². The average molecular weight is 614 g/mol. The van der Waals surface area contributed by atoms with Crippen molar-refractivity contribution in [3.8, 4) is 0 Å². The molecule has 1 aliphatic carbocycles. The van der Waals surface area contributed by atoms with Crippen LogP contribution in [0.2, 0.25) is 5.02 Å². The van der Waals surface area contributed by atoms with Crippen LogP contribution in [0.15, 0.2) is 77.7 Å². The highest BCUT2D eigenvalue weighted by molar-refractivity contribution is 7.92. The molecule has 224 valence electrons. The van der Waals surface area contributed by atoms with Gasteiger partial charge in [-0.05, 0) is 74.2 Å². The van der Waals surface area contributed by atoms with Gasteiger partial charge < -0.3 is 10.2 Å². The molecule has 42 heavy (non-hydrogen) atoms. The Kier molecular flexibility index (Phi) is 10.6. The first-order valence-electron chi connectivity index (χ1n) is 14.3. The number of rotatable bonds is 11. The van der Waals surface area contributed by atoms with Crippen LogP contribution in [-0.4, -0.2) is 43.8 Å². The Morgan fingerprint density at radius 2 is 1.62 bits per heavy atom. The van der Waals surface area contributed by atoms with Crippen LogP contribution in [0.4, 0.5) is 10.1 Å². The van der Waals surface area contributed by atoms with Gasteiger partial charge in [0.2, 0.25) is 11.8 Å². The first kappa shape index (κ1) is 31.5. The van der Waals surface area contributed by atoms with E-state index in [1.54, 1.807) is 48.5 Å². The Balaban J connectivity index is 1.71. The molecule has 4 rings (SSSR count). The third-order valence-corrected chi connectivity index (χ3v) is 9.80. The molecule has 0 aromatic heterocycles. The van der Waals surface area contributed by atoms with E-state index in [9.17, 15) is 22.4 Å². The van der Waals surface area contributed by atoms with Gasteiger partial charge >= 0.3 is 0 Å². The van der Waals surface area contributed by atoms with Crippen LogP contribution in [0, 0.1) is 12.7 Å². The van der Waals surface area contributed by atoms with Gasteiger partial charge in [-0.3, -0.25) is 13.9 Å². The molecule has 3 aromatic rings. The third-order valence-electron chi connectivity index (χ3n) is 7.64. The summed E-state index contributed by atoms with van der Waals surface area (Å²) in [6, 6.07) is 17.5. The van der Waals surface area contributed by atoms with Gasteiger partial charge in [0.05, 0.1) is 10.6 Å². The summed E-state index contributed by atoms with van der Waals surface area (Å²) in [6.07, 6.45) is 5.31. The van der Waals surface area contributed by atoms with Crippen molar-refractivity contribution in [1.82, 2.24) is 10.2 Å². The van der Waals surface area contributed by atoms with E-state index in [1.807, 2.05) is 13.8 Å². The zero-order chi connectivity index (χ0) is 30.3. The van der Waals surface area contributed by atoms with Crippen molar-refractivity contribution in [2.75, 3.05) is 10.8 Å². The smallest absolute Gasteiger partial charge is 0.264 e. The number of hydrogen-bond acceptors (Lipinski definition) is 4. The molecule has 1 atom stereocenters. The molecule has 0 heterocycles. The molecule has 1 fully saturated rings. The highest BCUT2D eigenvalue weighted by Gasteiger charge is 2.34. The quantitative estimate of drug-likeness (QED) is 0.277. The lowest BCUT2D eigenvalue weighted by molar-refractivity contribution is -0.140. The summed E-state index contributed by atoms with van der Waals surface area (Å²) in [5.41, 5.74) is 1.82. The molecule has 0 saturated heterocycles. The standard InChI is InChI=1S/C32H37ClFN3O4S/c1-3-30(32(39)35-26-10-5-4-6-11-26)36(21-24-9-7-8-12-29(24)33)31(38)22-37(27-17-13-23(2)14-18-27)42(40,41)28-19-15-25(34)16-20-28/h7-9,12-20,26,30H,3-6,10-11,21-22H2,1-2H3,(H,35,39)/t30-/m1/s1. The minimum atomic E-state index is -4.28. The number of aryl methyl sites for hydroxylation is 1. The number of nitrogens with one attached hydrogen (secondary N) is 1. The van der Waals surface area contributed by atoms with Crippen LogP contribution in [-0.2, 0) is 26.2 Å². The SMILES string of the molecule is CC[C@H](C(=O)NC1CCCCC1)N(Cc1ccccc1Cl)C(=O)CN(c1ccc(C)cc1)S(=O)(=O)c1ccc(F)cc1. The van der Waals surface area contributed by atoms with Crippen molar-refractivity contribution in [2.24, 2.45) is 0 Å². The molecular weight excluding hydrogens is 577 g/mol. The lowest BCUT2D eigenvalue weighted by atomic mass is 9.95. The number of nitrogens with zero attached hydrogens (tertiary/aromatic N) is 2. The highest BCUT2D eigenvalue weighted by atomic mass is 35.5. The number of hydrogen-bond donors (Lipinski definition) is 1. The second-order valence-electron chi connectivity index (χ2n) is 10.7. The van der Waals surface area contributed by atoms with Gasteiger partial charge in [0.25, 0.3) is 10.0 Å². The predicted molar refractivity (Wildman–Crippen MR) is 163 cm³/mol. The second kappa shape index (κ2) is 14.2. The molecule has 0 aliphatic heterocycles. The van der Waals surface area contributed by atoms with Crippen LogP contribution in [0.1, 0.15) is 56.6 Å². The van der Waals surface area contributed by atoms with Gasteiger partial charge in [-0.25, -0.2) is 12.8 Å². The maximum Gasteiger partial charge on any atom is 0.264 e. The van der Waals surface area contributed by atoms with Crippen molar-refractivity contribution in [1.29, 1.82) is 0 Å². The van der Waals surface area contributed by atoms with E-state index in [0.29, 0.717) is 17.0 Å². The molecule has 1 aliphatic rings. The Morgan fingerprint density at radius 1 is 0.976 bits per heavy atom. The molecule has 7 nitrogen and oxygen atoms in total. The largest absolute Gasteiger partial charge is 0.352 e. The molecule has 0 spiro atoms. The van der Waals surface area contributed by atoms with E-state index in [4.69, 9.17) is 11.6 Å². The van der Waals surface area contributed by atoms with E-state index in [1.165, 1.54) is 17.0 Å². The number of sulfonamides is 1. The molecule has 10 heteroatoms. The molecule has 2 amide bonds. The first-order chi connectivity index (χ1) is 20.1. The average Bonchev–Trinajstić information content (AvgIpc) is 2.98. The normalized spacial score (nSPS) is 14.7. The van der Waals surface area contributed by atoms with E-state index < -0.39 is 34.3 Å². The van der Waals surface area contributed by atoms with Crippen LogP contribution < -0.4 is 9.62 Å². The molecule has 0 radical (unpaired) electrons. The number of anilines is 1. The monoisotopic (exact) mass is 613 g/mol. The Hall–Kier alpha value is -3.43. The summed E-state index contributed by atoms with van der Waals surface area (Å²) in [5.74, 6) is -1.41. The minimum Gasteiger partial charge on any atom is -0.352 e. The van der Waals surface area contributed by atoms with Crippen molar-refractivity contribution < 1.29 is 22.4 Å². The van der Waals surface area contributed by atoms with Crippen LogP contribution in [0.25, 0.3) is 0 Å². The fraction of sp³-hybridized carbons (Fsp3) is 0.375. The first-order valence-corrected chi connectivity index (χ1v) is 16.1. The maximum atomic E-state index is 14.2. The summed E-state index contributed by atoms with van der Waals surface area (Å²) in [4.78, 5) is 29.0. The number of benzene rings is 3. The molecule has 3 aromatic carbocycles. The molecule has 1 N–H and O–H groups in total. The number of halogens is 2. The van der Waals surface area contributed by atoms with E-state index in [-0.39, 0.29) is 29.1 Å². The topological polar surface area (TPSA) is 86.8 Å². The van der Waals surface area contributed by atoms with Crippen LogP contribution in [0.5, 0.6) is 0 Å². The zero-order valence-electron chi connectivity index (χ0n) is 23.9. The van der Waals surface area contributed by atoms with Crippen molar-refractivity contribution in [3.63, 3.8) is 0 Å². The number of carbonyl (C=O) groups excluding carboxylic acids is 2. The second-order valence-corrected chi connectivity index (χ2v) is 13.0. The Labute approximate surface area is 252 Å². The van der Waals surface area contributed by atoms with Gasteiger partial charge in [-0.15, -0.1) is 0 Å². The fourth-order valence-electron chi connectivity index (χ4n) is 5.25. The van der Waals surface area contributed by atoms with Crippen LogP contribution >= 0.6 is 11.6 Å². The summed E-state index contributed by atoms with van der Waals surface area (Å²) in [7, 11) is -4.28. The predicted octanol–water partition coefficient (Wildman–Crippen LogP) is 6.24. The molecule has 1 saturated carbocycles. The minimum absolute atomic E-state index is 0.0213. The maximum absolute atomic E-state index is 14.2. The van der Waals surface area contributed by atoms with Gasteiger partial charge in [0.15, 0.2) is 0 Å². The Bertz CT molecular complexity index is 1480. The van der Waals surface area contributed by atoms with Gasteiger partial charge in [-0.2, -0.15) is 0 Å². The number of carbonyl (C=O) groups is 2. The van der Waals surface area contributed by atoms with Gasteiger partial charge in [0.1, 0.15) is 18.4 Å². The number of amides is 2. The van der Waals surface area contributed by atoms with E-state index >= 15 is 0 Å². The summed E-state index contributed by atoms with van der Waals surface area (Å²) < 4.78 is 42.4. The molecule has 0 unspecified atom stereocenters.